The second kappa shape index (κ2) is 11.9. The van der Waals surface area contributed by atoms with Crippen molar-refractivity contribution >= 4 is 40.3 Å². The predicted octanol–water partition coefficient (Wildman–Crippen LogP) is 3.43. The second-order valence-corrected chi connectivity index (χ2v) is 12.5. The average molecular weight is 596 g/mol. The Hall–Kier alpha value is -3.67. The Morgan fingerprint density at radius 2 is 1.74 bits per heavy atom. The van der Waals surface area contributed by atoms with Crippen LogP contribution in [0.4, 0.5) is 10.1 Å². The molecule has 2 aromatic heterocycles. The first-order chi connectivity index (χ1) is 20.4. The van der Waals surface area contributed by atoms with Crippen molar-refractivity contribution in [3.05, 3.63) is 63.2 Å². The van der Waals surface area contributed by atoms with E-state index < -0.39 is 23.0 Å². The maximum atomic E-state index is 14.2. The lowest BCUT2D eigenvalue weighted by Crippen LogP contribution is -2.47. The standard InChI is InChI=1S/C30H34FN5O5S/c1-41-25-5-3-2-4-24(25)34-17-18(14-26(34)37)28(38)33-20-6-8-21(9-7-20)36-29(39)23-15-19(31)16-32-27(23)35(30(36)40)22-10-12-42-13-11-22/h2-5,15-16,18,20-22H,6-14,17H2,1H3,(H,33,38). The van der Waals surface area contributed by atoms with Gasteiger partial charge in [-0.3, -0.25) is 23.5 Å². The molecule has 1 aromatic carbocycles. The molecule has 3 aliphatic rings. The zero-order chi connectivity index (χ0) is 29.4. The Labute approximate surface area is 246 Å². The summed E-state index contributed by atoms with van der Waals surface area (Å²) in [5, 5.41) is 3.22. The fraction of sp³-hybridized carbons (Fsp3) is 0.500. The minimum absolute atomic E-state index is 0.0915. The van der Waals surface area contributed by atoms with Crippen LogP contribution in [0.5, 0.6) is 5.75 Å². The van der Waals surface area contributed by atoms with E-state index in [9.17, 15) is 23.6 Å². The summed E-state index contributed by atoms with van der Waals surface area (Å²) >= 11 is 1.83. The van der Waals surface area contributed by atoms with Gasteiger partial charge < -0.3 is 15.0 Å². The van der Waals surface area contributed by atoms with Crippen molar-refractivity contribution in [2.24, 2.45) is 5.92 Å². The van der Waals surface area contributed by atoms with Gasteiger partial charge >= 0.3 is 5.69 Å². The Kier molecular flexibility index (Phi) is 8.06. The van der Waals surface area contributed by atoms with Gasteiger partial charge in [-0.2, -0.15) is 11.8 Å². The van der Waals surface area contributed by atoms with Crippen LogP contribution >= 0.6 is 11.8 Å². The van der Waals surface area contributed by atoms with Crippen LogP contribution in [0.3, 0.4) is 0 Å². The molecule has 12 heteroatoms. The molecule has 10 nitrogen and oxygen atoms in total. The summed E-state index contributed by atoms with van der Waals surface area (Å²) in [6.07, 6.45) is 4.95. The van der Waals surface area contributed by atoms with Gasteiger partial charge in [0.15, 0.2) is 0 Å². The summed E-state index contributed by atoms with van der Waals surface area (Å²) in [5.41, 5.74) is -0.0168. The number of methoxy groups -OCH3 is 1. The molecule has 1 unspecified atom stereocenters. The van der Waals surface area contributed by atoms with Crippen molar-refractivity contribution in [2.75, 3.05) is 30.1 Å². The van der Waals surface area contributed by atoms with Gasteiger partial charge in [-0.15, -0.1) is 0 Å². The molecule has 3 aromatic rings. The molecule has 6 rings (SSSR count). The fourth-order valence-electron chi connectivity index (χ4n) is 6.57. The van der Waals surface area contributed by atoms with Crippen molar-refractivity contribution < 1.29 is 18.7 Å². The number of amides is 2. The highest BCUT2D eigenvalue weighted by Gasteiger charge is 2.37. The van der Waals surface area contributed by atoms with Gasteiger partial charge in [0, 0.05) is 31.1 Å². The summed E-state index contributed by atoms with van der Waals surface area (Å²) in [6, 6.07) is 7.84. The van der Waals surface area contributed by atoms with Gasteiger partial charge in [-0.1, -0.05) is 12.1 Å². The number of hydrogen-bond acceptors (Lipinski definition) is 7. The van der Waals surface area contributed by atoms with E-state index in [2.05, 4.69) is 10.3 Å². The molecule has 2 amide bonds. The SMILES string of the molecule is COc1ccccc1N1CC(C(=O)NC2CCC(n3c(=O)c4cc(F)cnc4n(C4CCSCC4)c3=O)CC2)CC1=O. The van der Waals surface area contributed by atoms with Gasteiger partial charge in [0.05, 0.1) is 30.3 Å². The lowest BCUT2D eigenvalue weighted by molar-refractivity contribution is -0.127. The van der Waals surface area contributed by atoms with Gasteiger partial charge in [-0.25, -0.2) is 14.2 Å². The summed E-state index contributed by atoms with van der Waals surface area (Å²) < 4.78 is 22.5. The number of nitrogens with zero attached hydrogens (tertiary/aromatic N) is 4. The second-order valence-electron chi connectivity index (χ2n) is 11.3. The summed E-state index contributed by atoms with van der Waals surface area (Å²) in [4.78, 5) is 59.0. The molecule has 0 bridgehead atoms. The number of carbonyl (C=O) groups excluding carboxylic acids is 2. The zero-order valence-corrected chi connectivity index (χ0v) is 24.3. The summed E-state index contributed by atoms with van der Waals surface area (Å²) in [6.45, 7) is 0.274. The first-order valence-electron chi connectivity index (χ1n) is 14.5. The molecule has 4 heterocycles. The van der Waals surface area contributed by atoms with Gasteiger partial charge in [-0.05, 0) is 68.2 Å². The lowest BCUT2D eigenvalue weighted by Gasteiger charge is -2.32. The van der Waals surface area contributed by atoms with Crippen molar-refractivity contribution in [1.82, 2.24) is 19.4 Å². The van der Waals surface area contributed by atoms with E-state index in [4.69, 9.17) is 4.74 Å². The monoisotopic (exact) mass is 595 g/mol. The van der Waals surface area contributed by atoms with E-state index in [0.717, 1.165) is 30.5 Å². The molecule has 1 N–H and O–H groups in total. The number of rotatable bonds is 6. The van der Waals surface area contributed by atoms with E-state index in [-0.39, 0.29) is 53.9 Å². The van der Waals surface area contributed by atoms with E-state index in [0.29, 0.717) is 37.1 Å². The van der Waals surface area contributed by atoms with Crippen LogP contribution in [-0.2, 0) is 9.59 Å². The maximum absolute atomic E-state index is 14.2. The number of fused-ring (bicyclic) bond motifs is 1. The lowest BCUT2D eigenvalue weighted by atomic mass is 9.90. The number of anilines is 1. The average Bonchev–Trinajstić information content (AvgIpc) is 3.40. The summed E-state index contributed by atoms with van der Waals surface area (Å²) in [5.74, 6) is 1.00. The molecular weight excluding hydrogens is 561 g/mol. The molecule has 1 saturated carbocycles. The highest BCUT2D eigenvalue weighted by Crippen LogP contribution is 2.34. The minimum Gasteiger partial charge on any atom is -0.495 e. The number of para-hydroxylation sites is 2. The van der Waals surface area contributed by atoms with Crippen LogP contribution in [0.25, 0.3) is 11.0 Å². The Balaban J connectivity index is 1.16. The molecular formula is C30H34FN5O5S. The fourth-order valence-corrected chi connectivity index (χ4v) is 7.65. The third-order valence-electron chi connectivity index (χ3n) is 8.76. The molecule has 0 spiro atoms. The molecule has 1 atom stereocenters. The highest BCUT2D eigenvalue weighted by atomic mass is 32.2. The number of aromatic nitrogens is 3. The molecule has 1 aliphatic carbocycles. The van der Waals surface area contributed by atoms with Gasteiger partial charge in [0.2, 0.25) is 11.8 Å². The first-order valence-corrected chi connectivity index (χ1v) is 15.6. The molecule has 2 aliphatic heterocycles. The number of hydrogen-bond donors (Lipinski definition) is 1. The third-order valence-corrected chi connectivity index (χ3v) is 9.81. The van der Waals surface area contributed by atoms with E-state index in [1.54, 1.807) is 28.7 Å². The molecule has 222 valence electrons. The van der Waals surface area contributed by atoms with Crippen LogP contribution in [0.2, 0.25) is 0 Å². The van der Waals surface area contributed by atoms with Crippen molar-refractivity contribution in [1.29, 1.82) is 0 Å². The van der Waals surface area contributed by atoms with Crippen molar-refractivity contribution in [3.8, 4) is 5.75 Å². The maximum Gasteiger partial charge on any atom is 0.333 e. The number of carbonyl (C=O) groups is 2. The molecule has 2 saturated heterocycles. The molecule has 42 heavy (non-hydrogen) atoms. The molecule has 3 fully saturated rings. The van der Waals surface area contributed by atoms with E-state index in [1.165, 1.54) is 10.6 Å². The number of benzene rings is 1. The van der Waals surface area contributed by atoms with Crippen LogP contribution in [0.1, 0.15) is 57.0 Å². The third kappa shape index (κ3) is 5.32. The van der Waals surface area contributed by atoms with E-state index in [1.807, 2.05) is 23.9 Å². The zero-order valence-electron chi connectivity index (χ0n) is 23.5. The number of nitrogens with one attached hydrogen (secondary N) is 1. The number of ether oxygens (including phenoxy) is 1. The number of pyridine rings is 1. The Morgan fingerprint density at radius 1 is 1.02 bits per heavy atom. The van der Waals surface area contributed by atoms with Crippen LogP contribution in [0.15, 0.2) is 46.1 Å². The minimum atomic E-state index is -0.614. The topological polar surface area (TPSA) is 116 Å². The number of thioether (sulfide) groups is 1. The van der Waals surface area contributed by atoms with Crippen LogP contribution < -0.4 is 26.2 Å². The van der Waals surface area contributed by atoms with Crippen molar-refractivity contribution in [2.45, 2.75) is 63.1 Å². The van der Waals surface area contributed by atoms with Crippen LogP contribution in [-0.4, -0.2) is 57.1 Å². The quantitative estimate of drug-likeness (QED) is 0.464. The highest BCUT2D eigenvalue weighted by molar-refractivity contribution is 7.99. The van der Waals surface area contributed by atoms with Gasteiger partial charge in [0.25, 0.3) is 5.56 Å². The predicted molar refractivity (Wildman–Crippen MR) is 159 cm³/mol. The normalized spacial score (nSPS) is 23.3. The Morgan fingerprint density at radius 3 is 2.48 bits per heavy atom. The van der Waals surface area contributed by atoms with Crippen molar-refractivity contribution in [3.63, 3.8) is 0 Å². The largest absolute Gasteiger partial charge is 0.495 e. The molecule has 0 radical (unpaired) electrons. The number of halogens is 1. The smallest absolute Gasteiger partial charge is 0.333 e. The van der Waals surface area contributed by atoms with Gasteiger partial charge in [0.1, 0.15) is 17.2 Å². The Bertz CT molecular complexity index is 1630. The van der Waals surface area contributed by atoms with E-state index >= 15 is 0 Å². The van der Waals surface area contributed by atoms with Crippen LogP contribution in [0, 0.1) is 11.7 Å². The first kappa shape index (κ1) is 28.4. The summed E-state index contributed by atoms with van der Waals surface area (Å²) in [7, 11) is 1.55.